The van der Waals surface area contributed by atoms with Crippen LogP contribution in [-0.4, -0.2) is 13.2 Å². The van der Waals surface area contributed by atoms with Gasteiger partial charge in [-0.1, -0.05) is 6.08 Å². The normalized spacial score (nSPS) is 13.5. The number of allylic oxidation sites excluding steroid dienone is 1. The summed E-state index contributed by atoms with van der Waals surface area (Å²) in [7, 11) is -3.03. The predicted molar refractivity (Wildman–Crippen MR) is 53.5 cm³/mol. The minimum absolute atomic E-state index is 0.375. The largest absolute Gasteiger partial charge is 0.367 e. The number of rotatable bonds is 5. The van der Waals surface area contributed by atoms with Crippen LogP contribution in [0.4, 0.5) is 0 Å². The molecule has 0 N–H and O–H groups in total. The van der Waals surface area contributed by atoms with Crippen molar-refractivity contribution in [2.45, 2.75) is 20.8 Å². The van der Waals surface area contributed by atoms with Crippen LogP contribution in [0.3, 0.4) is 0 Å². The summed E-state index contributed by atoms with van der Waals surface area (Å²) in [6.07, 6.45) is 1.67. The highest BCUT2D eigenvalue weighted by Gasteiger charge is 2.26. The van der Waals surface area contributed by atoms with Gasteiger partial charge in [0.25, 0.3) is 0 Å². The van der Waals surface area contributed by atoms with Gasteiger partial charge in [0.05, 0.1) is 13.2 Å². The van der Waals surface area contributed by atoms with Crippen LogP contribution in [0.15, 0.2) is 10.3 Å². The smallest absolute Gasteiger partial charge is 0.305 e. The highest BCUT2D eigenvalue weighted by atomic mass is 79.9. The fourth-order valence-corrected chi connectivity index (χ4v) is 2.59. The third-order valence-electron chi connectivity index (χ3n) is 1.10. The number of halogens is 1. The molecule has 0 aromatic heterocycles. The number of hydrogen-bond acceptors (Lipinski definition) is 3. The van der Waals surface area contributed by atoms with Crippen molar-refractivity contribution in [1.82, 2.24) is 0 Å². The van der Waals surface area contributed by atoms with E-state index in [1.54, 1.807) is 26.8 Å². The van der Waals surface area contributed by atoms with Gasteiger partial charge in [0.1, 0.15) is 4.22 Å². The van der Waals surface area contributed by atoms with Crippen molar-refractivity contribution in [3.8, 4) is 0 Å². The zero-order valence-electron chi connectivity index (χ0n) is 7.54. The molecule has 0 aliphatic carbocycles. The summed E-state index contributed by atoms with van der Waals surface area (Å²) >= 11 is 3.15. The van der Waals surface area contributed by atoms with Crippen LogP contribution in [0.1, 0.15) is 20.8 Å². The fourth-order valence-electron chi connectivity index (χ4n) is 0.659. The Morgan fingerprint density at radius 3 is 2.08 bits per heavy atom. The maximum absolute atomic E-state index is 11.8. The van der Waals surface area contributed by atoms with Crippen LogP contribution < -0.4 is 0 Å². The lowest BCUT2D eigenvalue weighted by atomic mass is 10.8. The third-order valence-corrected chi connectivity index (χ3v) is 4.84. The van der Waals surface area contributed by atoms with Crippen LogP contribution in [0.25, 0.3) is 0 Å². The van der Waals surface area contributed by atoms with Gasteiger partial charge in [0.2, 0.25) is 0 Å². The lowest BCUT2D eigenvalue weighted by molar-refractivity contribution is 0.228. The number of hydrogen-bond donors (Lipinski definition) is 0. The maximum atomic E-state index is 11.8. The van der Waals surface area contributed by atoms with Crippen LogP contribution in [0.5, 0.6) is 0 Å². The molecule has 0 aliphatic heterocycles. The maximum Gasteiger partial charge on any atom is 0.367 e. The molecule has 0 heterocycles. The van der Waals surface area contributed by atoms with Crippen LogP contribution >= 0.6 is 23.5 Å². The van der Waals surface area contributed by atoms with Crippen LogP contribution in [0.2, 0.25) is 0 Å². The molecule has 0 aromatic carbocycles. The summed E-state index contributed by atoms with van der Waals surface area (Å²) in [5.74, 6) is 0. The first kappa shape index (κ1) is 12.4. The summed E-state index contributed by atoms with van der Waals surface area (Å²) in [4.78, 5) is 0. The van der Waals surface area contributed by atoms with E-state index in [-0.39, 0.29) is 0 Å². The van der Waals surface area contributed by atoms with Gasteiger partial charge in [-0.25, -0.2) is 0 Å². The monoisotopic (exact) mass is 256 g/mol. The van der Waals surface area contributed by atoms with Gasteiger partial charge in [0, 0.05) is 0 Å². The molecule has 0 aromatic rings. The lowest BCUT2D eigenvalue weighted by Crippen LogP contribution is -1.95. The van der Waals surface area contributed by atoms with Crippen LogP contribution in [0, 0.1) is 0 Å². The Hall–Kier alpha value is 0.370. The highest BCUT2D eigenvalue weighted by molar-refractivity contribution is 9.13. The fraction of sp³-hybridized carbons (Fsp3) is 0.714. The Labute approximate surface area is 81.8 Å². The second-order valence-electron chi connectivity index (χ2n) is 1.94. The molecule has 72 valence electrons. The van der Waals surface area contributed by atoms with E-state index in [0.717, 1.165) is 0 Å². The van der Waals surface area contributed by atoms with Crippen LogP contribution in [-0.2, 0) is 13.6 Å². The van der Waals surface area contributed by atoms with E-state index in [0.29, 0.717) is 17.4 Å². The van der Waals surface area contributed by atoms with E-state index < -0.39 is 7.60 Å². The molecule has 0 bridgehead atoms. The topological polar surface area (TPSA) is 35.5 Å². The summed E-state index contributed by atoms with van der Waals surface area (Å²) in [6, 6.07) is 0. The van der Waals surface area contributed by atoms with Crippen molar-refractivity contribution < 1.29 is 13.6 Å². The first-order valence-electron chi connectivity index (χ1n) is 3.82. The van der Waals surface area contributed by atoms with Gasteiger partial charge in [-0.15, -0.1) is 0 Å². The molecule has 12 heavy (non-hydrogen) atoms. The molecule has 0 radical (unpaired) electrons. The van der Waals surface area contributed by atoms with E-state index in [4.69, 9.17) is 9.05 Å². The third kappa shape index (κ3) is 3.40. The van der Waals surface area contributed by atoms with E-state index in [2.05, 4.69) is 15.9 Å². The van der Waals surface area contributed by atoms with Gasteiger partial charge >= 0.3 is 7.60 Å². The second-order valence-corrected chi connectivity index (χ2v) is 5.40. The van der Waals surface area contributed by atoms with E-state index >= 15 is 0 Å². The van der Waals surface area contributed by atoms with E-state index in [1.807, 2.05) is 0 Å². The van der Waals surface area contributed by atoms with Gasteiger partial charge in [-0.3, -0.25) is 4.57 Å². The highest BCUT2D eigenvalue weighted by Crippen LogP contribution is 2.58. The van der Waals surface area contributed by atoms with Crippen molar-refractivity contribution in [3.05, 3.63) is 10.3 Å². The van der Waals surface area contributed by atoms with Crippen molar-refractivity contribution in [1.29, 1.82) is 0 Å². The zero-order chi connectivity index (χ0) is 9.61. The molecule has 0 amide bonds. The minimum atomic E-state index is -3.03. The molecule has 0 rings (SSSR count). The molecule has 0 saturated carbocycles. The van der Waals surface area contributed by atoms with Gasteiger partial charge in [0.15, 0.2) is 0 Å². The Bertz CT molecular complexity index is 193. The summed E-state index contributed by atoms with van der Waals surface area (Å²) < 4.78 is 22.4. The van der Waals surface area contributed by atoms with Crippen molar-refractivity contribution in [2.75, 3.05) is 13.2 Å². The Balaban J connectivity index is 4.50. The van der Waals surface area contributed by atoms with Gasteiger partial charge < -0.3 is 9.05 Å². The first-order valence-corrected chi connectivity index (χ1v) is 6.15. The quantitative estimate of drug-likeness (QED) is 0.707. The van der Waals surface area contributed by atoms with Crippen molar-refractivity contribution >= 4 is 23.5 Å². The SMILES string of the molecule is C/C=C(/Br)P(=O)(OCC)OCC. The van der Waals surface area contributed by atoms with E-state index in [1.165, 1.54) is 0 Å². The molecular weight excluding hydrogens is 243 g/mol. The molecule has 0 aliphatic rings. The average Bonchev–Trinajstić information content (AvgIpc) is 2.04. The molecule has 0 saturated heterocycles. The summed E-state index contributed by atoms with van der Waals surface area (Å²) in [5, 5.41) is 0. The first-order chi connectivity index (χ1) is 5.60. The Morgan fingerprint density at radius 1 is 1.42 bits per heavy atom. The molecule has 3 nitrogen and oxygen atoms in total. The van der Waals surface area contributed by atoms with Gasteiger partial charge in [-0.2, -0.15) is 0 Å². The molecule has 5 heteroatoms. The molecule has 0 spiro atoms. The van der Waals surface area contributed by atoms with Gasteiger partial charge in [-0.05, 0) is 36.7 Å². The summed E-state index contributed by atoms with van der Waals surface area (Å²) in [5.41, 5.74) is 0. The van der Waals surface area contributed by atoms with Crippen molar-refractivity contribution in [2.24, 2.45) is 0 Å². The zero-order valence-corrected chi connectivity index (χ0v) is 10.0. The lowest BCUT2D eigenvalue weighted by Gasteiger charge is -2.15. The summed E-state index contributed by atoms with van der Waals surface area (Å²) in [6.45, 7) is 6.08. The van der Waals surface area contributed by atoms with Crippen molar-refractivity contribution in [3.63, 3.8) is 0 Å². The molecule has 0 unspecified atom stereocenters. The molecule has 0 atom stereocenters. The Kier molecular flexibility index (Phi) is 6.10. The molecular formula is C7H14BrO3P. The average molecular weight is 257 g/mol. The Morgan fingerprint density at radius 2 is 1.83 bits per heavy atom. The second kappa shape index (κ2) is 5.92. The minimum Gasteiger partial charge on any atom is -0.305 e. The standard InChI is InChI=1S/C7H14BrO3P/c1-4-7(8)12(9,10-5-2)11-6-3/h4H,5-6H2,1-3H3/b7-4-. The van der Waals surface area contributed by atoms with E-state index in [9.17, 15) is 4.57 Å². The predicted octanol–water partition coefficient (Wildman–Crippen LogP) is 3.51. The molecule has 0 fully saturated rings.